The molecular weight excluding hydrogens is 448 g/mol. The molecule has 1 fully saturated rings. The van der Waals surface area contributed by atoms with E-state index in [1.807, 2.05) is 20.9 Å². The second kappa shape index (κ2) is 10.4. The van der Waals surface area contributed by atoms with Crippen molar-refractivity contribution in [3.05, 3.63) is 54.1 Å². The van der Waals surface area contributed by atoms with Gasteiger partial charge in [-0.1, -0.05) is 6.07 Å². The summed E-state index contributed by atoms with van der Waals surface area (Å²) in [5.41, 5.74) is 0.991. The van der Waals surface area contributed by atoms with E-state index >= 15 is 0 Å². The SMILES string of the molecule is CC(C)Oc1cccc(C(=O)NC(=S)Nc2ccc(S(=O)(=O)N3CCN(C)CC3)cc2)c1. The maximum atomic E-state index is 12.8. The van der Waals surface area contributed by atoms with Gasteiger partial charge in [-0.05, 0) is 75.6 Å². The molecule has 32 heavy (non-hydrogen) atoms. The first-order chi connectivity index (χ1) is 15.1. The molecule has 2 aromatic carbocycles. The molecule has 0 aliphatic carbocycles. The van der Waals surface area contributed by atoms with Crippen LogP contribution in [-0.2, 0) is 10.0 Å². The number of rotatable bonds is 6. The third kappa shape index (κ3) is 6.26. The van der Waals surface area contributed by atoms with E-state index in [4.69, 9.17) is 17.0 Å². The molecule has 0 unspecified atom stereocenters. The van der Waals surface area contributed by atoms with Gasteiger partial charge in [-0.15, -0.1) is 0 Å². The normalized spacial score (nSPS) is 15.4. The van der Waals surface area contributed by atoms with Crippen molar-refractivity contribution in [1.82, 2.24) is 14.5 Å². The Morgan fingerprint density at radius 2 is 1.72 bits per heavy atom. The van der Waals surface area contributed by atoms with Crippen molar-refractivity contribution in [1.29, 1.82) is 0 Å². The summed E-state index contributed by atoms with van der Waals surface area (Å²) in [5, 5.41) is 5.64. The molecule has 1 amide bonds. The molecule has 0 radical (unpaired) electrons. The minimum absolute atomic E-state index is 0.000840. The van der Waals surface area contributed by atoms with Crippen LogP contribution < -0.4 is 15.4 Å². The fourth-order valence-electron chi connectivity index (χ4n) is 3.21. The van der Waals surface area contributed by atoms with Crippen LogP contribution in [0.5, 0.6) is 5.75 Å². The number of thiocarbonyl (C=S) groups is 1. The Morgan fingerprint density at radius 3 is 2.34 bits per heavy atom. The molecular formula is C22H28N4O4S2. The van der Waals surface area contributed by atoms with Gasteiger partial charge in [-0.3, -0.25) is 10.1 Å². The number of piperazine rings is 1. The van der Waals surface area contributed by atoms with Gasteiger partial charge in [-0.2, -0.15) is 4.31 Å². The van der Waals surface area contributed by atoms with Crippen LogP contribution in [0.3, 0.4) is 0 Å². The third-order valence-corrected chi connectivity index (χ3v) is 7.02. The largest absolute Gasteiger partial charge is 0.491 e. The van der Waals surface area contributed by atoms with E-state index in [0.717, 1.165) is 0 Å². The zero-order valence-corrected chi connectivity index (χ0v) is 20.0. The lowest BCUT2D eigenvalue weighted by atomic mass is 10.2. The average Bonchev–Trinajstić information content (AvgIpc) is 2.74. The van der Waals surface area contributed by atoms with Gasteiger partial charge in [0.05, 0.1) is 11.0 Å². The molecule has 0 atom stereocenters. The predicted molar refractivity (Wildman–Crippen MR) is 129 cm³/mol. The summed E-state index contributed by atoms with van der Waals surface area (Å²) >= 11 is 5.23. The van der Waals surface area contributed by atoms with Crippen molar-refractivity contribution in [3.63, 3.8) is 0 Å². The fraction of sp³-hybridized carbons (Fsp3) is 0.364. The second-order valence-electron chi connectivity index (χ2n) is 7.83. The van der Waals surface area contributed by atoms with Crippen LogP contribution in [0.2, 0.25) is 0 Å². The molecule has 172 valence electrons. The smallest absolute Gasteiger partial charge is 0.257 e. The second-order valence-corrected chi connectivity index (χ2v) is 10.2. The van der Waals surface area contributed by atoms with Gasteiger partial charge >= 0.3 is 0 Å². The summed E-state index contributed by atoms with van der Waals surface area (Å²) < 4.78 is 32.7. The molecule has 3 rings (SSSR count). The monoisotopic (exact) mass is 476 g/mol. The predicted octanol–water partition coefficient (Wildman–Crippen LogP) is 2.54. The lowest BCUT2D eigenvalue weighted by Crippen LogP contribution is -2.46. The van der Waals surface area contributed by atoms with E-state index in [0.29, 0.717) is 43.2 Å². The number of carbonyl (C=O) groups is 1. The molecule has 1 heterocycles. The summed E-state index contributed by atoms with van der Waals surface area (Å²) in [5.74, 6) is 0.231. The Kier molecular flexibility index (Phi) is 7.83. The first kappa shape index (κ1) is 24.1. The van der Waals surface area contributed by atoms with E-state index in [2.05, 4.69) is 15.5 Å². The topological polar surface area (TPSA) is 91.0 Å². The Balaban J connectivity index is 1.59. The number of hydrogen-bond donors (Lipinski definition) is 2. The number of anilines is 1. The summed E-state index contributed by atoms with van der Waals surface area (Å²) in [7, 11) is -1.56. The van der Waals surface area contributed by atoms with Gasteiger partial charge in [0.1, 0.15) is 5.75 Å². The van der Waals surface area contributed by atoms with Gasteiger partial charge in [-0.25, -0.2) is 8.42 Å². The Morgan fingerprint density at radius 1 is 1.06 bits per heavy atom. The van der Waals surface area contributed by atoms with Gasteiger partial charge in [0.25, 0.3) is 5.91 Å². The standard InChI is InChI=1S/C22H28N4O4S2/c1-16(2)30-19-6-4-5-17(15-19)21(27)24-22(31)23-18-7-9-20(10-8-18)32(28,29)26-13-11-25(3)12-14-26/h4-10,15-16H,11-14H2,1-3H3,(H2,23,24,27,31). The first-order valence-corrected chi connectivity index (χ1v) is 12.2. The van der Waals surface area contributed by atoms with Crippen LogP contribution in [0.15, 0.2) is 53.4 Å². The Labute approximate surface area is 194 Å². The molecule has 10 heteroatoms. The van der Waals surface area contributed by atoms with E-state index in [-0.39, 0.29) is 22.0 Å². The number of likely N-dealkylation sites (N-methyl/N-ethyl adjacent to an activating group) is 1. The fourth-order valence-corrected chi connectivity index (χ4v) is 4.84. The summed E-state index contributed by atoms with van der Waals surface area (Å²) in [6.07, 6.45) is -0.000840. The Hall–Kier alpha value is -2.53. The van der Waals surface area contributed by atoms with E-state index in [9.17, 15) is 13.2 Å². The van der Waals surface area contributed by atoms with Crippen LogP contribution in [0, 0.1) is 0 Å². The quantitative estimate of drug-likeness (QED) is 0.619. The molecule has 1 aliphatic rings. The van der Waals surface area contributed by atoms with Crippen molar-refractivity contribution >= 4 is 38.9 Å². The van der Waals surface area contributed by atoms with Gasteiger partial charge in [0, 0.05) is 37.4 Å². The minimum atomic E-state index is -3.53. The molecule has 0 bridgehead atoms. The average molecular weight is 477 g/mol. The zero-order valence-electron chi connectivity index (χ0n) is 18.4. The number of carbonyl (C=O) groups excluding carboxylic acids is 1. The van der Waals surface area contributed by atoms with E-state index < -0.39 is 10.0 Å². The summed E-state index contributed by atoms with van der Waals surface area (Å²) in [6.45, 7) is 6.18. The number of nitrogens with zero attached hydrogens (tertiary/aromatic N) is 2. The van der Waals surface area contributed by atoms with Crippen molar-refractivity contribution in [2.75, 3.05) is 38.5 Å². The molecule has 2 N–H and O–H groups in total. The van der Waals surface area contributed by atoms with Crippen LogP contribution in [0.4, 0.5) is 5.69 Å². The lowest BCUT2D eigenvalue weighted by molar-refractivity contribution is 0.0977. The lowest BCUT2D eigenvalue weighted by Gasteiger charge is -2.31. The van der Waals surface area contributed by atoms with Gasteiger partial charge < -0.3 is 15.0 Å². The van der Waals surface area contributed by atoms with Crippen molar-refractivity contribution in [2.24, 2.45) is 0 Å². The summed E-state index contributed by atoms with van der Waals surface area (Å²) in [6, 6.07) is 13.2. The highest BCUT2D eigenvalue weighted by Gasteiger charge is 2.27. The number of benzene rings is 2. The molecule has 0 saturated carbocycles. The number of nitrogens with one attached hydrogen (secondary N) is 2. The van der Waals surface area contributed by atoms with E-state index in [1.54, 1.807) is 36.4 Å². The van der Waals surface area contributed by atoms with Crippen molar-refractivity contribution in [3.8, 4) is 5.75 Å². The molecule has 0 aromatic heterocycles. The number of ether oxygens (including phenoxy) is 1. The summed E-state index contributed by atoms with van der Waals surface area (Å²) in [4.78, 5) is 14.8. The molecule has 0 spiro atoms. The zero-order chi connectivity index (χ0) is 23.3. The van der Waals surface area contributed by atoms with E-state index in [1.165, 1.54) is 16.4 Å². The molecule has 1 saturated heterocycles. The first-order valence-electron chi connectivity index (χ1n) is 10.3. The highest BCUT2D eigenvalue weighted by molar-refractivity contribution is 7.89. The van der Waals surface area contributed by atoms with Crippen molar-refractivity contribution < 1.29 is 17.9 Å². The molecule has 1 aliphatic heterocycles. The van der Waals surface area contributed by atoms with Gasteiger partial charge in [0.15, 0.2) is 5.11 Å². The molecule has 8 nitrogen and oxygen atoms in total. The highest BCUT2D eigenvalue weighted by atomic mass is 32.2. The third-order valence-electron chi connectivity index (χ3n) is 4.91. The number of amides is 1. The maximum Gasteiger partial charge on any atom is 0.257 e. The number of sulfonamides is 1. The Bertz CT molecular complexity index is 1060. The van der Waals surface area contributed by atoms with Crippen LogP contribution in [0.25, 0.3) is 0 Å². The highest BCUT2D eigenvalue weighted by Crippen LogP contribution is 2.20. The minimum Gasteiger partial charge on any atom is -0.491 e. The molecule has 2 aromatic rings. The maximum absolute atomic E-state index is 12.8. The van der Waals surface area contributed by atoms with Crippen molar-refractivity contribution in [2.45, 2.75) is 24.8 Å². The van der Waals surface area contributed by atoms with Crippen LogP contribution in [-0.4, -0.2) is 68.0 Å². The van der Waals surface area contributed by atoms with Crippen LogP contribution in [0.1, 0.15) is 24.2 Å². The van der Waals surface area contributed by atoms with Crippen LogP contribution >= 0.6 is 12.2 Å². The number of hydrogen-bond acceptors (Lipinski definition) is 6. The van der Waals surface area contributed by atoms with Gasteiger partial charge in [0.2, 0.25) is 10.0 Å².